The first kappa shape index (κ1) is 17.4. The third-order valence-electron chi connectivity index (χ3n) is 6.28. The maximum absolute atomic E-state index is 13.9. The van der Waals surface area contributed by atoms with Crippen molar-refractivity contribution in [3.05, 3.63) is 0 Å². The van der Waals surface area contributed by atoms with E-state index in [-0.39, 0.29) is 30.3 Å². The third kappa shape index (κ3) is 4.07. The number of hydrogen-bond acceptors (Lipinski definition) is 6. The van der Waals surface area contributed by atoms with Crippen molar-refractivity contribution in [3.8, 4) is 0 Å². The Labute approximate surface area is 154 Å². The van der Waals surface area contributed by atoms with Crippen molar-refractivity contribution >= 4 is 5.91 Å². The van der Waals surface area contributed by atoms with Gasteiger partial charge in [-0.15, -0.1) is 0 Å². The first-order chi connectivity index (χ1) is 12.7. The van der Waals surface area contributed by atoms with E-state index in [1.54, 1.807) is 0 Å². The molecule has 0 aromatic rings. The Kier molecular flexibility index (Phi) is 4.69. The lowest BCUT2D eigenvalue weighted by Gasteiger charge is -2.47. The minimum absolute atomic E-state index is 0.213. The second-order valence-electron chi connectivity index (χ2n) is 8.53. The van der Waals surface area contributed by atoms with Gasteiger partial charge in [0.1, 0.15) is 5.54 Å². The van der Waals surface area contributed by atoms with E-state index in [0.29, 0.717) is 13.1 Å². The number of hydrogen-bond donors (Lipinski definition) is 0. The molecule has 5 aliphatic rings. The molecule has 4 saturated heterocycles. The molecule has 0 aromatic heterocycles. The summed E-state index contributed by atoms with van der Waals surface area (Å²) >= 11 is 0. The Balaban J connectivity index is 1.38. The lowest BCUT2D eigenvalue weighted by atomic mass is 9.78. The Morgan fingerprint density at radius 2 is 1.15 bits per heavy atom. The van der Waals surface area contributed by atoms with Gasteiger partial charge in [-0.3, -0.25) is 9.69 Å². The first-order valence-electron chi connectivity index (χ1n) is 10.2. The Morgan fingerprint density at radius 1 is 0.731 bits per heavy atom. The second kappa shape index (κ2) is 7.02. The van der Waals surface area contributed by atoms with Crippen molar-refractivity contribution in [2.75, 3.05) is 52.6 Å². The summed E-state index contributed by atoms with van der Waals surface area (Å²) in [6.45, 7) is 6.29. The van der Waals surface area contributed by atoms with E-state index < -0.39 is 5.54 Å². The van der Waals surface area contributed by atoms with Crippen LogP contribution in [0, 0.1) is 0 Å². The van der Waals surface area contributed by atoms with E-state index in [1.165, 1.54) is 6.42 Å². The molecule has 0 spiro atoms. The summed E-state index contributed by atoms with van der Waals surface area (Å²) in [4.78, 5) is 18.3. The van der Waals surface area contributed by atoms with Gasteiger partial charge in [-0.1, -0.05) is 19.3 Å². The summed E-state index contributed by atoms with van der Waals surface area (Å²) in [5, 5.41) is 0. The molecule has 26 heavy (non-hydrogen) atoms. The zero-order valence-corrected chi connectivity index (χ0v) is 15.4. The fourth-order valence-electron chi connectivity index (χ4n) is 4.44. The van der Waals surface area contributed by atoms with Crippen molar-refractivity contribution < 1.29 is 23.7 Å². The van der Waals surface area contributed by atoms with Crippen LogP contribution in [0.3, 0.4) is 0 Å². The van der Waals surface area contributed by atoms with Gasteiger partial charge in [-0.2, -0.15) is 0 Å². The Bertz CT molecular complexity index is 494. The zero-order chi connectivity index (χ0) is 17.6. The van der Waals surface area contributed by atoms with Crippen LogP contribution < -0.4 is 0 Å². The lowest BCUT2D eigenvalue weighted by Crippen LogP contribution is -2.63. The number of nitrogens with zero attached hydrogens (tertiary/aromatic N) is 2. The highest BCUT2D eigenvalue weighted by Crippen LogP contribution is 2.38. The summed E-state index contributed by atoms with van der Waals surface area (Å²) in [5.41, 5.74) is -0.403. The molecular weight excluding hydrogens is 336 g/mol. The summed E-state index contributed by atoms with van der Waals surface area (Å²) in [6.07, 6.45) is 6.34. The van der Waals surface area contributed by atoms with Gasteiger partial charge in [-0.25, -0.2) is 0 Å². The number of amides is 1. The highest BCUT2D eigenvalue weighted by molar-refractivity contribution is 5.86. The molecular formula is C19H30N2O5. The number of epoxide rings is 4. The van der Waals surface area contributed by atoms with Crippen LogP contribution in [0.15, 0.2) is 0 Å². The zero-order valence-electron chi connectivity index (χ0n) is 15.4. The van der Waals surface area contributed by atoms with Crippen LogP contribution in [0.25, 0.3) is 0 Å². The molecule has 5 rings (SSSR count). The highest BCUT2D eigenvalue weighted by atomic mass is 16.6. The third-order valence-corrected chi connectivity index (χ3v) is 6.28. The number of rotatable bonds is 10. The average Bonchev–Trinajstić information content (AvgIpc) is 3.43. The van der Waals surface area contributed by atoms with Crippen molar-refractivity contribution in [2.24, 2.45) is 0 Å². The molecule has 4 heterocycles. The van der Waals surface area contributed by atoms with E-state index >= 15 is 0 Å². The molecule has 1 aliphatic carbocycles. The Hall–Kier alpha value is -0.730. The smallest absolute Gasteiger partial charge is 0.243 e. The average molecular weight is 366 g/mol. The van der Waals surface area contributed by atoms with E-state index in [0.717, 1.165) is 65.2 Å². The summed E-state index contributed by atoms with van der Waals surface area (Å²) in [7, 11) is 0. The lowest BCUT2D eigenvalue weighted by molar-refractivity contribution is -0.148. The molecule has 1 saturated carbocycles. The van der Waals surface area contributed by atoms with Gasteiger partial charge in [0.15, 0.2) is 0 Å². The predicted octanol–water partition coefficient (Wildman–Crippen LogP) is 0.415. The van der Waals surface area contributed by atoms with Crippen molar-refractivity contribution in [1.29, 1.82) is 0 Å². The van der Waals surface area contributed by atoms with E-state index in [1.807, 2.05) is 4.90 Å². The van der Waals surface area contributed by atoms with Crippen molar-refractivity contribution in [1.82, 2.24) is 9.80 Å². The number of carbonyl (C=O) groups is 1. The van der Waals surface area contributed by atoms with Gasteiger partial charge in [0.2, 0.25) is 5.91 Å². The maximum atomic E-state index is 13.9. The fraction of sp³-hybridized carbons (Fsp3) is 0.947. The summed E-state index contributed by atoms with van der Waals surface area (Å²) in [6, 6.07) is 0. The first-order valence-corrected chi connectivity index (χ1v) is 10.2. The van der Waals surface area contributed by atoms with Gasteiger partial charge in [-0.05, 0) is 12.8 Å². The molecule has 0 aromatic carbocycles. The molecule has 7 nitrogen and oxygen atoms in total. The Morgan fingerprint density at radius 3 is 1.58 bits per heavy atom. The molecule has 0 N–H and O–H groups in total. The minimum atomic E-state index is -0.403. The number of ether oxygens (including phenoxy) is 4. The molecule has 5 fully saturated rings. The van der Waals surface area contributed by atoms with E-state index in [4.69, 9.17) is 18.9 Å². The standard InChI is InChI=1S/C19H30N2O5/c22-18(20(6-14-10-23-14)7-15-11-24-15)19(4-2-1-3-5-19)21(8-16-12-25-16)9-17-13-26-17/h14-17H,1-13H2. The summed E-state index contributed by atoms with van der Waals surface area (Å²) in [5.74, 6) is 0.282. The topological polar surface area (TPSA) is 73.7 Å². The second-order valence-corrected chi connectivity index (χ2v) is 8.53. The summed E-state index contributed by atoms with van der Waals surface area (Å²) < 4.78 is 21.9. The van der Waals surface area contributed by atoms with E-state index in [2.05, 4.69) is 4.90 Å². The van der Waals surface area contributed by atoms with Crippen LogP contribution >= 0.6 is 0 Å². The van der Waals surface area contributed by atoms with Crippen LogP contribution in [0.5, 0.6) is 0 Å². The monoisotopic (exact) mass is 366 g/mol. The largest absolute Gasteiger partial charge is 0.372 e. The van der Waals surface area contributed by atoms with Gasteiger partial charge in [0.05, 0.1) is 50.8 Å². The van der Waals surface area contributed by atoms with Crippen molar-refractivity contribution in [3.63, 3.8) is 0 Å². The SMILES string of the molecule is O=C(N(CC1CO1)CC1CO1)C1(N(CC2CO2)CC2CO2)CCCCC1. The molecule has 0 bridgehead atoms. The van der Waals surface area contributed by atoms with Crippen molar-refractivity contribution in [2.45, 2.75) is 62.1 Å². The molecule has 1 amide bonds. The van der Waals surface area contributed by atoms with Gasteiger partial charge >= 0.3 is 0 Å². The minimum Gasteiger partial charge on any atom is -0.372 e. The normalized spacial score (nSPS) is 36.7. The molecule has 4 atom stereocenters. The molecule has 4 unspecified atom stereocenters. The van der Waals surface area contributed by atoms with Gasteiger partial charge < -0.3 is 23.8 Å². The van der Waals surface area contributed by atoms with Crippen LogP contribution in [-0.2, 0) is 23.7 Å². The predicted molar refractivity (Wildman–Crippen MR) is 92.9 cm³/mol. The molecule has 146 valence electrons. The van der Waals surface area contributed by atoms with Gasteiger partial charge in [0.25, 0.3) is 0 Å². The molecule has 7 heteroatoms. The van der Waals surface area contributed by atoms with Crippen LogP contribution in [0.1, 0.15) is 32.1 Å². The van der Waals surface area contributed by atoms with Crippen LogP contribution in [0.4, 0.5) is 0 Å². The van der Waals surface area contributed by atoms with E-state index in [9.17, 15) is 4.79 Å². The molecule has 0 radical (unpaired) electrons. The maximum Gasteiger partial charge on any atom is 0.243 e. The fourth-order valence-corrected chi connectivity index (χ4v) is 4.44. The number of carbonyl (C=O) groups excluding carboxylic acids is 1. The molecule has 4 aliphatic heterocycles. The van der Waals surface area contributed by atoms with Crippen LogP contribution in [-0.4, -0.2) is 98.3 Å². The van der Waals surface area contributed by atoms with Gasteiger partial charge in [0, 0.05) is 26.2 Å². The quantitative estimate of drug-likeness (QED) is 0.522. The highest BCUT2D eigenvalue weighted by Gasteiger charge is 2.51. The van der Waals surface area contributed by atoms with Crippen LogP contribution in [0.2, 0.25) is 0 Å².